The molecule has 4 N–H and O–H groups in total. The van der Waals surface area contributed by atoms with E-state index in [1.165, 1.54) is 0 Å². The SMILES string of the molecule is CC(C)(C)OC(=O)NC(=N[C@@H]1CN[C@H](C(=O)O)C1)NC(=O)OC(C)(C)C. The van der Waals surface area contributed by atoms with Crippen LogP contribution >= 0.6 is 0 Å². The summed E-state index contributed by atoms with van der Waals surface area (Å²) in [6.07, 6.45) is -1.37. The number of hydrogen-bond acceptors (Lipinski definition) is 7. The van der Waals surface area contributed by atoms with E-state index in [9.17, 15) is 14.4 Å². The van der Waals surface area contributed by atoms with E-state index in [1.807, 2.05) is 0 Å². The Morgan fingerprint density at radius 1 is 1.00 bits per heavy atom. The Balaban J connectivity index is 2.84. The molecule has 0 saturated carbocycles. The van der Waals surface area contributed by atoms with Gasteiger partial charge >= 0.3 is 18.2 Å². The van der Waals surface area contributed by atoms with Gasteiger partial charge in [-0.15, -0.1) is 0 Å². The number of carboxylic acid groups (broad SMARTS) is 1. The zero-order valence-electron chi connectivity index (χ0n) is 16.0. The van der Waals surface area contributed by atoms with Gasteiger partial charge in [-0.2, -0.15) is 0 Å². The van der Waals surface area contributed by atoms with E-state index in [4.69, 9.17) is 14.6 Å². The summed E-state index contributed by atoms with van der Waals surface area (Å²) in [6, 6.07) is -1.16. The smallest absolute Gasteiger partial charge is 0.414 e. The number of ether oxygens (including phenoxy) is 2. The third-order valence-electron chi connectivity index (χ3n) is 2.96. The molecule has 26 heavy (non-hydrogen) atoms. The molecule has 0 bridgehead atoms. The minimum Gasteiger partial charge on any atom is -0.480 e. The standard InChI is InChI=1S/C16H28N4O6/c1-15(2,3)25-13(23)19-12(20-14(24)26-16(4,5)6)18-9-7-10(11(21)22)17-8-9/h9-10,17H,7-8H2,1-6H3,(H,21,22)(H2,18,19,20,23,24)/t9-,10-/m0/s1. The highest BCUT2D eigenvalue weighted by Gasteiger charge is 2.30. The van der Waals surface area contributed by atoms with Gasteiger partial charge in [-0.25, -0.2) is 14.6 Å². The Morgan fingerprint density at radius 2 is 1.46 bits per heavy atom. The van der Waals surface area contributed by atoms with Gasteiger partial charge in [-0.3, -0.25) is 15.4 Å². The fourth-order valence-electron chi connectivity index (χ4n) is 2.08. The first-order chi connectivity index (χ1) is 11.7. The lowest BCUT2D eigenvalue weighted by Gasteiger charge is -2.22. The topological polar surface area (TPSA) is 138 Å². The summed E-state index contributed by atoms with van der Waals surface area (Å²) in [4.78, 5) is 39.2. The normalized spacial score (nSPS) is 20.1. The molecule has 1 rings (SSSR count). The van der Waals surface area contributed by atoms with Gasteiger partial charge in [0.25, 0.3) is 0 Å². The van der Waals surface area contributed by atoms with Crippen LogP contribution in [0.15, 0.2) is 4.99 Å². The number of guanidine groups is 1. The largest absolute Gasteiger partial charge is 0.480 e. The molecule has 0 aromatic carbocycles. The molecule has 0 aromatic heterocycles. The second kappa shape index (κ2) is 8.35. The first kappa shape index (κ1) is 21.7. The lowest BCUT2D eigenvalue weighted by molar-refractivity contribution is -0.139. The van der Waals surface area contributed by atoms with E-state index in [0.29, 0.717) is 6.54 Å². The lowest BCUT2D eigenvalue weighted by Crippen LogP contribution is -2.47. The Labute approximate surface area is 152 Å². The van der Waals surface area contributed by atoms with Crippen molar-refractivity contribution in [1.29, 1.82) is 0 Å². The molecule has 2 atom stereocenters. The van der Waals surface area contributed by atoms with Crippen molar-refractivity contribution in [3.05, 3.63) is 0 Å². The molecule has 0 aromatic rings. The number of aliphatic carboxylic acids is 1. The number of nitrogens with zero attached hydrogens (tertiary/aromatic N) is 1. The average molecular weight is 372 g/mol. The van der Waals surface area contributed by atoms with Gasteiger partial charge < -0.3 is 19.9 Å². The maximum Gasteiger partial charge on any atom is 0.414 e. The van der Waals surface area contributed by atoms with Gasteiger partial charge in [0.2, 0.25) is 5.96 Å². The van der Waals surface area contributed by atoms with Crippen molar-refractivity contribution in [2.24, 2.45) is 4.99 Å². The maximum absolute atomic E-state index is 12.0. The van der Waals surface area contributed by atoms with Crippen molar-refractivity contribution in [2.75, 3.05) is 6.54 Å². The minimum absolute atomic E-state index is 0.161. The van der Waals surface area contributed by atoms with E-state index < -0.39 is 41.4 Å². The zero-order valence-corrected chi connectivity index (χ0v) is 16.0. The van der Waals surface area contributed by atoms with Crippen LogP contribution in [0.3, 0.4) is 0 Å². The molecule has 10 nitrogen and oxygen atoms in total. The van der Waals surface area contributed by atoms with Crippen LogP contribution < -0.4 is 16.0 Å². The molecular weight excluding hydrogens is 344 g/mol. The van der Waals surface area contributed by atoms with Gasteiger partial charge in [0.05, 0.1) is 6.04 Å². The summed E-state index contributed by atoms with van der Waals surface area (Å²) in [5.74, 6) is -1.14. The summed E-state index contributed by atoms with van der Waals surface area (Å²) in [6.45, 7) is 10.5. The summed E-state index contributed by atoms with van der Waals surface area (Å²) in [5.41, 5.74) is -1.46. The molecule has 1 aliphatic rings. The predicted molar refractivity (Wildman–Crippen MR) is 94.0 cm³/mol. The molecule has 1 heterocycles. The third-order valence-corrected chi connectivity index (χ3v) is 2.96. The van der Waals surface area contributed by atoms with E-state index in [0.717, 1.165) is 0 Å². The van der Waals surface area contributed by atoms with Crippen LogP contribution in [0.5, 0.6) is 0 Å². The number of alkyl carbamates (subject to hydrolysis) is 2. The lowest BCUT2D eigenvalue weighted by atomic mass is 10.2. The van der Waals surface area contributed by atoms with Crippen LogP contribution in [0.4, 0.5) is 9.59 Å². The average Bonchev–Trinajstić information content (AvgIpc) is 2.82. The molecule has 0 spiro atoms. The highest BCUT2D eigenvalue weighted by Crippen LogP contribution is 2.11. The van der Waals surface area contributed by atoms with Crippen LogP contribution in [0.1, 0.15) is 48.0 Å². The fourth-order valence-corrected chi connectivity index (χ4v) is 2.08. The number of rotatable bonds is 2. The molecule has 1 saturated heterocycles. The molecule has 10 heteroatoms. The Hall–Kier alpha value is -2.36. The predicted octanol–water partition coefficient (Wildman–Crippen LogP) is 1.21. The Morgan fingerprint density at radius 3 is 1.81 bits per heavy atom. The number of carbonyl (C=O) groups is 3. The molecule has 1 aliphatic heterocycles. The summed E-state index contributed by atoms with van der Waals surface area (Å²) < 4.78 is 10.3. The van der Waals surface area contributed by atoms with E-state index >= 15 is 0 Å². The molecule has 148 valence electrons. The van der Waals surface area contributed by atoms with Crippen LogP contribution in [0.25, 0.3) is 0 Å². The van der Waals surface area contributed by atoms with Crippen LogP contribution in [-0.4, -0.2) is 59.1 Å². The Kier molecular flexibility index (Phi) is 6.96. The highest BCUT2D eigenvalue weighted by atomic mass is 16.6. The first-order valence-electron chi connectivity index (χ1n) is 8.29. The summed E-state index contributed by atoms with van der Waals surface area (Å²) >= 11 is 0. The summed E-state index contributed by atoms with van der Waals surface area (Å²) in [5, 5.41) is 16.5. The van der Waals surface area contributed by atoms with Gasteiger partial charge in [0, 0.05) is 6.54 Å². The first-order valence-corrected chi connectivity index (χ1v) is 8.29. The van der Waals surface area contributed by atoms with Crippen molar-refractivity contribution >= 4 is 24.1 Å². The molecule has 1 fully saturated rings. The van der Waals surface area contributed by atoms with E-state index in [-0.39, 0.29) is 12.4 Å². The quantitative estimate of drug-likeness (QED) is 0.422. The maximum atomic E-state index is 12.0. The van der Waals surface area contributed by atoms with Crippen molar-refractivity contribution in [3.8, 4) is 0 Å². The molecule has 0 aliphatic carbocycles. The molecule has 0 unspecified atom stereocenters. The fraction of sp³-hybridized carbons (Fsp3) is 0.750. The van der Waals surface area contributed by atoms with Gasteiger partial charge in [0.1, 0.15) is 17.2 Å². The Bertz CT molecular complexity index is 544. The molecule has 2 amide bonds. The summed E-state index contributed by atoms with van der Waals surface area (Å²) in [7, 11) is 0. The van der Waals surface area contributed by atoms with Gasteiger partial charge in [-0.05, 0) is 48.0 Å². The number of hydrogen-bond donors (Lipinski definition) is 4. The number of carbonyl (C=O) groups excluding carboxylic acids is 2. The van der Waals surface area contributed by atoms with E-state index in [2.05, 4.69) is 20.9 Å². The molecule has 0 radical (unpaired) electrons. The van der Waals surface area contributed by atoms with Crippen molar-refractivity contribution in [3.63, 3.8) is 0 Å². The van der Waals surface area contributed by atoms with Crippen molar-refractivity contribution in [1.82, 2.24) is 16.0 Å². The number of amides is 2. The second-order valence-corrected chi connectivity index (χ2v) is 7.92. The number of carboxylic acids is 1. The van der Waals surface area contributed by atoms with E-state index in [1.54, 1.807) is 41.5 Å². The number of nitrogens with one attached hydrogen (secondary N) is 3. The monoisotopic (exact) mass is 372 g/mol. The highest BCUT2D eigenvalue weighted by molar-refractivity contribution is 6.01. The van der Waals surface area contributed by atoms with Crippen molar-refractivity contribution < 1.29 is 29.0 Å². The minimum atomic E-state index is -0.982. The van der Waals surface area contributed by atoms with Crippen LogP contribution in [-0.2, 0) is 14.3 Å². The van der Waals surface area contributed by atoms with Gasteiger partial charge in [0.15, 0.2) is 0 Å². The second-order valence-electron chi connectivity index (χ2n) is 7.92. The van der Waals surface area contributed by atoms with Gasteiger partial charge in [-0.1, -0.05) is 0 Å². The number of aliphatic imine (C=N–C) groups is 1. The molecular formula is C16H28N4O6. The third kappa shape index (κ3) is 8.65. The van der Waals surface area contributed by atoms with Crippen LogP contribution in [0.2, 0.25) is 0 Å². The van der Waals surface area contributed by atoms with Crippen molar-refractivity contribution in [2.45, 2.75) is 71.2 Å². The zero-order chi connectivity index (χ0) is 20.1. The van der Waals surface area contributed by atoms with Crippen LogP contribution in [0, 0.1) is 0 Å².